The van der Waals surface area contributed by atoms with Crippen LogP contribution < -0.4 is 0 Å². The van der Waals surface area contributed by atoms with E-state index in [0.29, 0.717) is 6.04 Å². The largest absolute Gasteiger partial charge is 0.303 e. The highest BCUT2D eigenvalue weighted by Gasteiger charge is 2.09. The molecule has 0 amide bonds. The Labute approximate surface area is 142 Å². The summed E-state index contributed by atoms with van der Waals surface area (Å²) in [6.07, 6.45) is 5.94. The summed E-state index contributed by atoms with van der Waals surface area (Å²) >= 11 is 0. The van der Waals surface area contributed by atoms with Gasteiger partial charge in [-0.2, -0.15) is 0 Å². The van der Waals surface area contributed by atoms with Gasteiger partial charge in [0.15, 0.2) is 0 Å². The number of hydrogen-bond donors (Lipinski definition) is 0. The lowest BCUT2D eigenvalue weighted by atomic mass is 10.0. The molecule has 0 saturated carbocycles. The predicted octanol–water partition coefficient (Wildman–Crippen LogP) is 5.13. The molecule has 124 valence electrons. The standard InChI is InChI=1S/C22H31N/c1-4-9-20-13-15-22(16-14-20)18-19(2)23(3)17-8-12-21-10-6-5-7-11-21/h5-7,10-11,13-16,19H,4,8-9,12,17-18H2,1-3H3. The first-order valence-corrected chi connectivity index (χ1v) is 9.01. The van der Waals surface area contributed by atoms with Crippen LogP contribution in [0.15, 0.2) is 54.6 Å². The molecule has 2 aromatic carbocycles. The summed E-state index contributed by atoms with van der Waals surface area (Å²) in [6.45, 7) is 5.73. The molecule has 0 N–H and O–H groups in total. The van der Waals surface area contributed by atoms with Crippen LogP contribution in [-0.4, -0.2) is 24.5 Å². The molecule has 2 rings (SSSR count). The van der Waals surface area contributed by atoms with Gasteiger partial charge in [-0.25, -0.2) is 0 Å². The summed E-state index contributed by atoms with van der Waals surface area (Å²) in [4.78, 5) is 2.49. The molecule has 1 heteroatoms. The topological polar surface area (TPSA) is 3.24 Å². The SMILES string of the molecule is CCCc1ccc(CC(C)N(C)CCCc2ccccc2)cc1. The van der Waals surface area contributed by atoms with E-state index in [-0.39, 0.29) is 0 Å². The second kappa shape index (κ2) is 9.52. The number of hydrogen-bond acceptors (Lipinski definition) is 1. The molecular formula is C22H31N. The van der Waals surface area contributed by atoms with Crippen molar-refractivity contribution in [2.75, 3.05) is 13.6 Å². The summed E-state index contributed by atoms with van der Waals surface area (Å²) in [5, 5.41) is 0. The van der Waals surface area contributed by atoms with Gasteiger partial charge in [-0.15, -0.1) is 0 Å². The van der Waals surface area contributed by atoms with E-state index >= 15 is 0 Å². The molecular weight excluding hydrogens is 278 g/mol. The molecule has 0 aliphatic carbocycles. The summed E-state index contributed by atoms with van der Waals surface area (Å²) in [5.41, 5.74) is 4.35. The van der Waals surface area contributed by atoms with E-state index in [1.165, 1.54) is 42.4 Å². The van der Waals surface area contributed by atoms with Crippen LogP contribution in [0.4, 0.5) is 0 Å². The van der Waals surface area contributed by atoms with E-state index in [0.717, 1.165) is 13.0 Å². The van der Waals surface area contributed by atoms with Crippen molar-refractivity contribution in [1.82, 2.24) is 4.90 Å². The summed E-state index contributed by atoms with van der Waals surface area (Å²) < 4.78 is 0. The Morgan fingerprint density at radius 2 is 1.43 bits per heavy atom. The van der Waals surface area contributed by atoms with Crippen molar-refractivity contribution < 1.29 is 0 Å². The first kappa shape index (κ1) is 17.7. The van der Waals surface area contributed by atoms with Crippen molar-refractivity contribution in [3.05, 3.63) is 71.3 Å². The molecule has 0 heterocycles. The van der Waals surface area contributed by atoms with E-state index in [2.05, 4.69) is 80.4 Å². The third kappa shape index (κ3) is 6.19. The van der Waals surface area contributed by atoms with Crippen LogP contribution >= 0.6 is 0 Å². The summed E-state index contributed by atoms with van der Waals surface area (Å²) in [5.74, 6) is 0. The summed E-state index contributed by atoms with van der Waals surface area (Å²) in [6, 6.07) is 20.6. The van der Waals surface area contributed by atoms with E-state index in [1.807, 2.05) is 0 Å². The van der Waals surface area contributed by atoms with Gasteiger partial charge in [0.1, 0.15) is 0 Å². The van der Waals surface area contributed by atoms with Gasteiger partial charge in [-0.05, 0) is 62.9 Å². The van der Waals surface area contributed by atoms with Crippen LogP contribution in [-0.2, 0) is 19.3 Å². The molecule has 0 aliphatic rings. The van der Waals surface area contributed by atoms with Crippen molar-refractivity contribution in [3.8, 4) is 0 Å². The van der Waals surface area contributed by atoms with Gasteiger partial charge < -0.3 is 4.90 Å². The van der Waals surface area contributed by atoms with E-state index in [4.69, 9.17) is 0 Å². The van der Waals surface area contributed by atoms with Crippen LogP contribution in [0.25, 0.3) is 0 Å². The van der Waals surface area contributed by atoms with Gasteiger partial charge in [-0.1, -0.05) is 67.9 Å². The Balaban J connectivity index is 1.74. The molecule has 0 fully saturated rings. The minimum absolute atomic E-state index is 0.586. The zero-order valence-electron chi connectivity index (χ0n) is 15.0. The molecule has 0 bridgehead atoms. The van der Waals surface area contributed by atoms with Gasteiger partial charge in [0, 0.05) is 6.04 Å². The fourth-order valence-corrected chi connectivity index (χ4v) is 3.03. The third-order valence-corrected chi connectivity index (χ3v) is 4.66. The molecule has 0 aromatic heterocycles. The number of aryl methyl sites for hydroxylation is 2. The van der Waals surface area contributed by atoms with Crippen LogP contribution in [0.5, 0.6) is 0 Å². The fraction of sp³-hybridized carbons (Fsp3) is 0.455. The molecule has 0 aliphatic heterocycles. The Morgan fingerprint density at radius 1 is 0.826 bits per heavy atom. The molecule has 2 aromatic rings. The minimum atomic E-state index is 0.586. The molecule has 1 atom stereocenters. The monoisotopic (exact) mass is 309 g/mol. The van der Waals surface area contributed by atoms with Gasteiger partial charge in [0.2, 0.25) is 0 Å². The second-order valence-corrected chi connectivity index (χ2v) is 6.69. The molecule has 0 saturated heterocycles. The van der Waals surface area contributed by atoms with E-state index in [1.54, 1.807) is 0 Å². The zero-order valence-corrected chi connectivity index (χ0v) is 15.0. The Hall–Kier alpha value is -1.60. The maximum Gasteiger partial charge on any atom is 0.0104 e. The van der Waals surface area contributed by atoms with Crippen LogP contribution in [0.1, 0.15) is 43.4 Å². The minimum Gasteiger partial charge on any atom is -0.303 e. The highest BCUT2D eigenvalue weighted by Crippen LogP contribution is 2.12. The van der Waals surface area contributed by atoms with Gasteiger partial charge >= 0.3 is 0 Å². The highest BCUT2D eigenvalue weighted by atomic mass is 15.1. The predicted molar refractivity (Wildman–Crippen MR) is 101 cm³/mol. The normalized spacial score (nSPS) is 12.5. The van der Waals surface area contributed by atoms with Crippen LogP contribution in [0, 0.1) is 0 Å². The van der Waals surface area contributed by atoms with Gasteiger partial charge in [0.25, 0.3) is 0 Å². The lowest BCUT2D eigenvalue weighted by Crippen LogP contribution is -2.32. The van der Waals surface area contributed by atoms with Crippen molar-refractivity contribution in [2.45, 2.75) is 52.0 Å². The molecule has 1 nitrogen and oxygen atoms in total. The number of likely N-dealkylation sites (N-methyl/N-ethyl adjacent to an activating group) is 1. The quantitative estimate of drug-likeness (QED) is 0.620. The van der Waals surface area contributed by atoms with Crippen molar-refractivity contribution in [1.29, 1.82) is 0 Å². The smallest absolute Gasteiger partial charge is 0.0104 e. The molecule has 1 unspecified atom stereocenters. The van der Waals surface area contributed by atoms with Gasteiger partial charge in [0.05, 0.1) is 0 Å². The van der Waals surface area contributed by atoms with Crippen molar-refractivity contribution >= 4 is 0 Å². The third-order valence-electron chi connectivity index (χ3n) is 4.66. The average Bonchev–Trinajstić information content (AvgIpc) is 2.57. The number of benzene rings is 2. The van der Waals surface area contributed by atoms with Crippen molar-refractivity contribution in [2.24, 2.45) is 0 Å². The molecule has 23 heavy (non-hydrogen) atoms. The average molecular weight is 309 g/mol. The Morgan fingerprint density at radius 3 is 2.09 bits per heavy atom. The van der Waals surface area contributed by atoms with Crippen LogP contribution in [0.2, 0.25) is 0 Å². The zero-order chi connectivity index (χ0) is 16.5. The lowest BCUT2D eigenvalue weighted by Gasteiger charge is -2.25. The Bertz CT molecular complexity index is 544. The number of nitrogens with zero attached hydrogens (tertiary/aromatic N) is 1. The molecule has 0 spiro atoms. The Kier molecular flexibility index (Phi) is 7.35. The van der Waals surface area contributed by atoms with Crippen molar-refractivity contribution in [3.63, 3.8) is 0 Å². The maximum atomic E-state index is 2.49. The van der Waals surface area contributed by atoms with Gasteiger partial charge in [-0.3, -0.25) is 0 Å². The second-order valence-electron chi connectivity index (χ2n) is 6.69. The van der Waals surface area contributed by atoms with E-state index in [9.17, 15) is 0 Å². The van der Waals surface area contributed by atoms with E-state index < -0.39 is 0 Å². The first-order chi connectivity index (χ1) is 11.2. The number of rotatable bonds is 9. The first-order valence-electron chi connectivity index (χ1n) is 9.01. The fourth-order valence-electron chi connectivity index (χ4n) is 3.03. The van der Waals surface area contributed by atoms with Crippen LogP contribution in [0.3, 0.4) is 0 Å². The summed E-state index contributed by atoms with van der Waals surface area (Å²) in [7, 11) is 2.25. The maximum absolute atomic E-state index is 2.49. The molecule has 0 radical (unpaired) electrons. The highest BCUT2D eigenvalue weighted by molar-refractivity contribution is 5.23. The lowest BCUT2D eigenvalue weighted by molar-refractivity contribution is 0.253.